The summed E-state index contributed by atoms with van der Waals surface area (Å²) in [6, 6.07) is 4.30. The molecule has 0 atom stereocenters. The summed E-state index contributed by atoms with van der Waals surface area (Å²) in [5, 5.41) is 10.8. The monoisotopic (exact) mass is 225 g/mol. The minimum absolute atomic E-state index is 0. The number of oxime groups is 1. The number of hydrogen-bond donors (Lipinski definition) is 1. The Labute approximate surface area is 84.5 Å². The van der Waals surface area contributed by atoms with Gasteiger partial charge in [0, 0.05) is 0 Å². The Morgan fingerprint density at radius 1 is 1.14 bits per heavy atom. The van der Waals surface area contributed by atoms with Crippen LogP contribution in [0.3, 0.4) is 0 Å². The fraction of sp³-hybridized carbons (Fsp3) is 0.125. The van der Waals surface area contributed by atoms with Gasteiger partial charge in [0.1, 0.15) is 0 Å². The lowest BCUT2D eigenvalue weighted by Crippen LogP contribution is -2.04. The van der Waals surface area contributed by atoms with E-state index in [0.29, 0.717) is 5.56 Å². The van der Waals surface area contributed by atoms with Crippen LogP contribution in [-0.4, -0.2) is 11.4 Å². The SMILES string of the molecule is Cl.O/N=C\c1ccc(C(F)(F)F)cc1. The minimum atomic E-state index is -4.32. The first kappa shape index (κ1) is 12.8. The maximum atomic E-state index is 12.0. The van der Waals surface area contributed by atoms with E-state index in [0.717, 1.165) is 18.3 Å². The molecule has 0 aliphatic carbocycles. The molecule has 2 nitrogen and oxygen atoms in total. The van der Waals surface area contributed by atoms with Crippen LogP contribution in [0.25, 0.3) is 0 Å². The zero-order valence-corrected chi connectivity index (χ0v) is 7.64. The standard InChI is InChI=1S/C8H6F3NO.ClH/c9-8(10,11)7-3-1-6(2-4-7)5-12-13;/h1-5,13H;1H/b12-5-;. The van der Waals surface area contributed by atoms with Gasteiger partial charge in [0.2, 0.25) is 0 Å². The van der Waals surface area contributed by atoms with Crippen molar-refractivity contribution in [2.24, 2.45) is 5.16 Å². The summed E-state index contributed by atoms with van der Waals surface area (Å²) in [5.41, 5.74) is -0.307. The molecule has 0 unspecified atom stereocenters. The van der Waals surface area contributed by atoms with Gasteiger partial charge in [-0.1, -0.05) is 17.3 Å². The molecule has 78 valence electrons. The third kappa shape index (κ3) is 3.26. The van der Waals surface area contributed by atoms with Crippen molar-refractivity contribution in [3.05, 3.63) is 35.4 Å². The van der Waals surface area contributed by atoms with E-state index < -0.39 is 11.7 Å². The Balaban J connectivity index is 0.00000169. The molecule has 6 heteroatoms. The zero-order chi connectivity index (χ0) is 9.90. The van der Waals surface area contributed by atoms with Crippen LogP contribution in [0.2, 0.25) is 0 Å². The zero-order valence-electron chi connectivity index (χ0n) is 6.82. The summed E-state index contributed by atoms with van der Waals surface area (Å²) in [4.78, 5) is 0. The van der Waals surface area contributed by atoms with E-state index >= 15 is 0 Å². The summed E-state index contributed by atoms with van der Waals surface area (Å²) in [6.07, 6.45) is -3.27. The van der Waals surface area contributed by atoms with E-state index in [2.05, 4.69) is 5.16 Å². The molecule has 0 aromatic heterocycles. The highest BCUT2D eigenvalue weighted by Crippen LogP contribution is 2.28. The molecule has 0 aliphatic rings. The van der Waals surface area contributed by atoms with Crippen LogP contribution in [-0.2, 0) is 6.18 Å². The molecular weight excluding hydrogens is 219 g/mol. The van der Waals surface area contributed by atoms with Crippen molar-refractivity contribution >= 4 is 18.6 Å². The topological polar surface area (TPSA) is 32.6 Å². The third-order valence-electron chi connectivity index (χ3n) is 1.44. The Morgan fingerprint density at radius 3 is 2.00 bits per heavy atom. The van der Waals surface area contributed by atoms with Gasteiger partial charge in [-0.25, -0.2) is 0 Å². The van der Waals surface area contributed by atoms with E-state index in [9.17, 15) is 13.2 Å². The number of rotatable bonds is 1. The van der Waals surface area contributed by atoms with Gasteiger partial charge in [-0.15, -0.1) is 12.4 Å². The average molecular weight is 226 g/mol. The number of alkyl halides is 3. The Morgan fingerprint density at radius 2 is 1.64 bits per heavy atom. The third-order valence-corrected chi connectivity index (χ3v) is 1.44. The second kappa shape index (κ2) is 4.85. The van der Waals surface area contributed by atoms with Crippen LogP contribution in [0.4, 0.5) is 13.2 Å². The van der Waals surface area contributed by atoms with E-state index in [1.54, 1.807) is 0 Å². The van der Waals surface area contributed by atoms with E-state index in [-0.39, 0.29) is 12.4 Å². The Bertz CT molecular complexity index is 307. The molecule has 0 fully saturated rings. The number of hydrogen-bond acceptors (Lipinski definition) is 2. The van der Waals surface area contributed by atoms with Gasteiger partial charge in [0.15, 0.2) is 0 Å². The Kier molecular flexibility index (Phi) is 4.43. The largest absolute Gasteiger partial charge is 0.416 e. The van der Waals surface area contributed by atoms with E-state index in [1.165, 1.54) is 12.1 Å². The molecule has 1 N–H and O–H groups in total. The predicted octanol–water partition coefficient (Wildman–Crippen LogP) is 2.94. The molecule has 0 amide bonds. The van der Waals surface area contributed by atoms with E-state index in [4.69, 9.17) is 5.21 Å². The quantitative estimate of drug-likeness (QED) is 0.445. The second-order valence-corrected chi connectivity index (χ2v) is 2.36. The van der Waals surface area contributed by atoms with Gasteiger partial charge >= 0.3 is 6.18 Å². The van der Waals surface area contributed by atoms with Crippen molar-refractivity contribution in [2.75, 3.05) is 0 Å². The Hall–Kier alpha value is -1.23. The van der Waals surface area contributed by atoms with Crippen LogP contribution in [0.5, 0.6) is 0 Å². The highest BCUT2D eigenvalue weighted by molar-refractivity contribution is 5.85. The van der Waals surface area contributed by atoms with Crippen LogP contribution in [0.15, 0.2) is 29.4 Å². The molecule has 0 saturated carbocycles. The first-order chi connectivity index (χ1) is 6.04. The van der Waals surface area contributed by atoms with Crippen molar-refractivity contribution < 1.29 is 18.4 Å². The molecule has 0 aliphatic heterocycles. The molecule has 0 saturated heterocycles. The lowest BCUT2D eigenvalue weighted by molar-refractivity contribution is -0.137. The molecule has 14 heavy (non-hydrogen) atoms. The van der Waals surface area contributed by atoms with Gasteiger partial charge in [0.25, 0.3) is 0 Å². The predicted molar refractivity (Wildman–Crippen MR) is 48.1 cm³/mol. The van der Waals surface area contributed by atoms with Gasteiger partial charge in [-0.3, -0.25) is 0 Å². The maximum Gasteiger partial charge on any atom is 0.416 e. The normalized spacial score (nSPS) is 11.4. The smallest absolute Gasteiger partial charge is 0.411 e. The van der Waals surface area contributed by atoms with Crippen molar-refractivity contribution in [1.82, 2.24) is 0 Å². The number of halogens is 4. The highest BCUT2D eigenvalue weighted by Gasteiger charge is 2.29. The van der Waals surface area contributed by atoms with Crippen molar-refractivity contribution in [3.63, 3.8) is 0 Å². The van der Waals surface area contributed by atoms with Crippen LogP contribution < -0.4 is 0 Å². The average Bonchev–Trinajstić information content (AvgIpc) is 2.04. The van der Waals surface area contributed by atoms with Crippen LogP contribution in [0.1, 0.15) is 11.1 Å². The molecule has 0 radical (unpaired) electrons. The van der Waals surface area contributed by atoms with Gasteiger partial charge < -0.3 is 5.21 Å². The lowest BCUT2D eigenvalue weighted by Gasteiger charge is -2.05. The lowest BCUT2D eigenvalue weighted by atomic mass is 10.1. The van der Waals surface area contributed by atoms with Crippen molar-refractivity contribution in [1.29, 1.82) is 0 Å². The summed E-state index contributed by atoms with van der Waals surface area (Å²) < 4.78 is 36.1. The molecule has 0 heterocycles. The van der Waals surface area contributed by atoms with Crippen LogP contribution >= 0.6 is 12.4 Å². The molecular formula is C8H7ClF3NO. The second-order valence-electron chi connectivity index (χ2n) is 2.36. The van der Waals surface area contributed by atoms with Gasteiger partial charge in [0.05, 0.1) is 11.8 Å². The summed E-state index contributed by atoms with van der Waals surface area (Å²) >= 11 is 0. The molecule has 0 spiro atoms. The van der Waals surface area contributed by atoms with Crippen LogP contribution in [0, 0.1) is 0 Å². The van der Waals surface area contributed by atoms with E-state index in [1.807, 2.05) is 0 Å². The maximum absolute atomic E-state index is 12.0. The number of nitrogens with zero attached hydrogens (tertiary/aromatic N) is 1. The fourth-order valence-electron chi connectivity index (χ4n) is 0.825. The summed E-state index contributed by atoms with van der Waals surface area (Å²) in [5.74, 6) is 0. The molecule has 1 aromatic rings. The molecule has 0 bridgehead atoms. The summed E-state index contributed by atoms with van der Waals surface area (Å²) in [6.45, 7) is 0. The van der Waals surface area contributed by atoms with Gasteiger partial charge in [-0.2, -0.15) is 13.2 Å². The summed E-state index contributed by atoms with van der Waals surface area (Å²) in [7, 11) is 0. The first-order valence-electron chi connectivity index (χ1n) is 3.39. The molecule has 1 aromatic carbocycles. The van der Waals surface area contributed by atoms with Crippen molar-refractivity contribution in [2.45, 2.75) is 6.18 Å². The van der Waals surface area contributed by atoms with Gasteiger partial charge in [-0.05, 0) is 17.7 Å². The number of benzene rings is 1. The molecule has 1 rings (SSSR count). The highest BCUT2D eigenvalue weighted by atomic mass is 35.5. The minimum Gasteiger partial charge on any atom is -0.411 e. The first-order valence-corrected chi connectivity index (χ1v) is 3.39. The fourth-order valence-corrected chi connectivity index (χ4v) is 0.825. The van der Waals surface area contributed by atoms with Crippen molar-refractivity contribution in [3.8, 4) is 0 Å².